The average molecular weight is 478 g/mol. The monoisotopic (exact) mass is 478 g/mol. The van der Waals surface area contributed by atoms with E-state index >= 15 is 0 Å². The molecule has 0 spiro atoms. The van der Waals surface area contributed by atoms with Crippen molar-refractivity contribution in [2.45, 2.75) is 11.7 Å². The highest BCUT2D eigenvalue weighted by Crippen LogP contribution is 2.58. The van der Waals surface area contributed by atoms with Crippen LogP contribution in [0.25, 0.3) is 0 Å². The largest absolute Gasteiger partial charge is 0.504 e. The van der Waals surface area contributed by atoms with Gasteiger partial charge in [-0.1, -0.05) is 18.2 Å². The molecule has 3 aliphatic heterocycles. The molecule has 2 fully saturated rings. The third-order valence-electron chi connectivity index (χ3n) is 7.33. The zero-order valence-corrected chi connectivity index (χ0v) is 19.4. The molecule has 3 aromatic rings. The van der Waals surface area contributed by atoms with Gasteiger partial charge in [0, 0.05) is 11.8 Å². The van der Waals surface area contributed by atoms with Crippen molar-refractivity contribution in [1.82, 2.24) is 0 Å². The lowest BCUT2D eigenvalue weighted by Crippen LogP contribution is -2.36. The number of ether oxygens (including phenoxy) is 6. The van der Waals surface area contributed by atoms with Crippen LogP contribution in [0.15, 0.2) is 54.6 Å². The van der Waals surface area contributed by atoms with Crippen LogP contribution in [0.2, 0.25) is 0 Å². The van der Waals surface area contributed by atoms with E-state index in [0.717, 1.165) is 16.7 Å². The summed E-state index contributed by atoms with van der Waals surface area (Å²) in [6.45, 7) is 1.09. The molecule has 182 valence electrons. The third-order valence-corrected chi connectivity index (χ3v) is 7.33. The molecule has 3 aliphatic rings. The maximum absolute atomic E-state index is 10.2. The lowest BCUT2D eigenvalue weighted by Gasteiger charge is -2.35. The summed E-state index contributed by atoms with van der Waals surface area (Å²) in [4.78, 5) is 0. The minimum absolute atomic E-state index is 0.0365. The van der Waals surface area contributed by atoms with Crippen molar-refractivity contribution in [2.75, 3.05) is 34.2 Å². The molecule has 8 nitrogen and oxygen atoms in total. The van der Waals surface area contributed by atoms with Gasteiger partial charge in [0.05, 0.1) is 33.5 Å². The van der Waals surface area contributed by atoms with E-state index in [2.05, 4.69) is 0 Å². The van der Waals surface area contributed by atoms with Gasteiger partial charge in [0.2, 0.25) is 6.79 Å². The molecule has 2 saturated heterocycles. The van der Waals surface area contributed by atoms with Crippen molar-refractivity contribution >= 4 is 0 Å². The molecule has 0 aromatic heterocycles. The van der Waals surface area contributed by atoms with E-state index in [1.165, 1.54) is 14.2 Å². The fourth-order valence-corrected chi connectivity index (χ4v) is 5.63. The van der Waals surface area contributed by atoms with E-state index in [4.69, 9.17) is 28.4 Å². The minimum Gasteiger partial charge on any atom is -0.504 e. The maximum Gasteiger partial charge on any atom is 0.231 e. The number of phenolic OH excluding ortho intramolecular Hbond substituents is 2. The van der Waals surface area contributed by atoms with Crippen molar-refractivity contribution < 1.29 is 38.6 Å². The predicted octanol–water partition coefficient (Wildman–Crippen LogP) is 4.12. The molecular formula is C27H26O8. The first kappa shape index (κ1) is 21.9. The zero-order valence-electron chi connectivity index (χ0n) is 19.4. The lowest BCUT2D eigenvalue weighted by molar-refractivity contribution is -0.0271. The number of rotatable bonds is 5. The summed E-state index contributed by atoms with van der Waals surface area (Å²) in [5, 5.41) is 20.3. The Kier molecular flexibility index (Phi) is 5.16. The van der Waals surface area contributed by atoms with E-state index in [9.17, 15) is 10.2 Å². The van der Waals surface area contributed by atoms with Crippen molar-refractivity contribution in [2.24, 2.45) is 11.8 Å². The maximum atomic E-state index is 10.2. The Morgan fingerprint density at radius 1 is 0.800 bits per heavy atom. The highest BCUT2D eigenvalue weighted by atomic mass is 16.7. The van der Waals surface area contributed by atoms with Crippen LogP contribution in [0.1, 0.15) is 22.8 Å². The molecule has 4 atom stereocenters. The van der Waals surface area contributed by atoms with Crippen LogP contribution >= 0.6 is 0 Å². The molecule has 8 heteroatoms. The van der Waals surface area contributed by atoms with Gasteiger partial charge in [-0.05, 0) is 53.1 Å². The van der Waals surface area contributed by atoms with E-state index in [1.807, 2.05) is 42.5 Å². The van der Waals surface area contributed by atoms with Crippen LogP contribution in [-0.2, 0) is 15.1 Å². The first-order chi connectivity index (χ1) is 17.0. The highest BCUT2D eigenvalue weighted by Gasteiger charge is 2.58. The van der Waals surface area contributed by atoms with Crippen molar-refractivity contribution in [3.05, 3.63) is 71.3 Å². The topological polar surface area (TPSA) is 95.8 Å². The van der Waals surface area contributed by atoms with E-state index < -0.39 is 5.60 Å². The normalized spacial score (nSPS) is 26.5. The van der Waals surface area contributed by atoms with Gasteiger partial charge in [-0.3, -0.25) is 0 Å². The molecule has 0 radical (unpaired) electrons. The standard InChI is InChI=1S/C27H26O8/c1-30-23-9-15(3-6-20(23)28)26-18-12-35-27(19(18)13-32-26,16-4-7-21(29)24(10-16)31-2)17-5-8-22-25(11-17)34-14-33-22/h3-11,18-19,26,28-29H,12-14H2,1-2H3. The summed E-state index contributed by atoms with van der Waals surface area (Å²) in [7, 11) is 3.05. The Morgan fingerprint density at radius 3 is 2.29 bits per heavy atom. The molecule has 0 amide bonds. The van der Waals surface area contributed by atoms with E-state index in [-0.39, 0.29) is 36.2 Å². The zero-order chi connectivity index (χ0) is 24.2. The molecule has 2 N–H and O–H groups in total. The fraction of sp³-hybridized carbons (Fsp3) is 0.333. The van der Waals surface area contributed by atoms with Crippen LogP contribution in [0.3, 0.4) is 0 Å². The summed E-state index contributed by atoms with van der Waals surface area (Å²) >= 11 is 0. The molecule has 0 aliphatic carbocycles. The van der Waals surface area contributed by atoms with Gasteiger partial charge in [-0.2, -0.15) is 0 Å². The van der Waals surface area contributed by atoms with Gasteiger partial charge in [0.1, 0.15) is 5.60 Å². The molecule has 0 bridgehead atoms. The Labute approximate surface area is 202 Å². The number of fused-ring (bicyclic) bond motifs is 2. The highest BCUT2D eigenvalue weighted by molar-refractivity contribution is 5.53. The second-order valence-corrected chi connectivity index (χ2v) is 8.96. The van der Waals surface area contributed by atoms with Gasteiger partial charge < -0.3 is 38.6 Å². The molecule has 3 aromatic carbocycles. The van der Waals surface area contributed by atoms with Crippen LogP contribution in [-0.4, -0.2) is 44.4 Å². The van der Waals surface area contributed by atoms with Crippen molar-refractivity contribution in [1.29, 1.82) is 0 Å². The predicted molar refractivity (Wildman–Crippen MR) is 124 cm³/mol. The number of aromatic hydroxyl groups is 2. The average Bonchev–Trinajstić information content (AvgIpc) is 3.60. The molecule has 3 heterocycles. The third kappa shape index (κ3) is 3.28. The Balaban J connectivity index is 1.46. The van der Waals surface area contributed by atoms with Crippen LogP contribution < -0.4 is 18.9 Å². The van der Waals surface area contributed by atoms with E-state index in [1.54, 1.807) is 12.1 Å². The summed E-state index contributed by atoms with van der Waals surface area (Å²) in [5.41, 5.74) is 1.82. The molecule has 4 unspecified atom stereocenters. The van der Waals surface area contributed by atoms with Gasteiger partial charge in [0.25, 0.3) is 0 Å². The van der Waals surface area contributed by atoms with Crippen LogP contribution in [0, 0.1) is 11.8 Å². The Hall–Kier alpha value is -3.62. The first-order valence-corrected chi connectivity index (χ1v) is 11.4. The van der Waals surface area contributed by atoms with Crippen molar-refractivity contribution in [3.8, 4) is 34.5 Å². The van der Waals surface area contributed by atoms with Crippen LogP contribution in [0.4, 0.5) is 0 Å². The van der Waals surface area contributed by atoms with Gasteiger partial charge in [0.15, 0.2) is 34.5 Å². The second-order valence-electron chi connectivity index (χ2n) is 8.96. The van der Waals surface area contributed by atoms with Gasteiger partial charge in [-0.25, -0.2) is 0 Å². The second kappa shape index (κ2) is 8.25. The smallest absolute Gasteiger partial charge is 0.231 e. The summed E-state index contributed by atoms with van der Waals surface area (Å²) in [5.74, 6) is 2.27. The molecule has 35 heavy (non-hydrogen) atoms. The molecular weight excluding hydrogens is 452 g/mol. The van der Waals surface area contributed by atoms with Crippen molar-refractivity contribution in [3.63, 3.8) is 0 Å². The number of phenols is 2. The summed E-state index contributed by atoms with van der Waals surface area (Å²) in [6.07, 6.45) is -0.232. The number of hydrogen-bond acceptors (Lipinski definition) is 8. The van der Waals surface area contributed by atoms with Gasteiger partial charge >= 0.3 is 0 Å². The first-order valence-electron chi connectivity index (χ1n) is 11.4. The number of methoxy groups -OCH3 is 2. The number of hydrogen-bond donors (Lipinski definition) is 2. The fourth-order valence-electron chi connectivity index (χ4n) is 5.63. The van der Waals surface area contributed by atoms with Crippen LogP contribution in [0.5, 0.6) is 34.5 Å². The Bertz CT molecular complexity index is 1260. The quantitative estimate of drug-likeness (QED) is 0.566. The van der Waals surface area contributed by atoms with Gasteiger partial charge in [-0.15, -0.1) is 0 Å². The lowest BCUT2D eigenvalue weighted by atomic mass is 9.72. The summed E-state index contributed by atoms with van der Waals surface area (Å²) < 4.78 is 35.0. The Morgan fingerprint density at radius 2 is 1.49 bits per heavy atom. The molecule has 6 rings (SSSR count). The van der Waals surface area contributed by atoms with E-state index in [0.29, 0.717) is 36.2 Å². The number of benzene rings is 3. The SMILES string of the molecule is COc1cc(C2OCC3C2COC3(c2ccc(O)c(OC)c2)c2ccc3c(c2)OCO3)ccc1O. The summed E-state index contributed by atoms with van der Waals surface area (Å²) in [6, 6.07) is 16.4. The minimum atomic E-state index is -0.859. The molecule has 0 saturated carbocycles.